The largest absolute Gasteiger partial charge is 2.00 e. The van der Waals surface area contributed by atoms with Gasteiger partial charge in [-0.1, -0.05) is 0 Å². The van der Waals surface area contributed by atoms with Gasteiger partial charge in [0, 0.05) is 0 Å². The second-order valence-electron chi connectivity index (χ2n) is 0. The van der Waals surface area contributed by atoms with E-state index in [0.717, 1.165) is 0 Å². The van der Waals surface area contributed by atoms with Crippen LogP contribution in [0.1, 0.15) is 4.28 Å². The van der Waals surface area contributed by atoms with E-state index < -0.39 is 0 Å². The van der Waals surface area contributed by atoms with Crippen molar-refractivity contribution in [3.63, 3.8) is 0 Å². The Morgan fingerprint density at radius 3 is 1.00 bits per heavy atom. The Kier molecular flexibility index (Phi) is 103. The second kappa shape index (κ2) is 16.0. The monoisotopic (exact) mass is 310 g/mol. The van der Waals surface area contributed by atoms with Crippen LogP contribution in [0.2, 0.25) is 0 Å². The zero-order valence-corrected chi connectivity index (χ0v) is 13.4. The summed E-state index contributed by atoms with van der Waals surface area (Å²) < 4.78 is 0. The van der Waals surface area contributed by atoms with Crippen LogP contribution in [0, 0.1) is 0 Å². The van der Waals surface area contributed by atoms with Crippen LogP contribution in [-0.4, -0.2) is 59.8 Å². The summed E-state index contributed by atoms with van der Waals surface area (Å²) in [5, 5.41) is 0. The molecule has 4 heavy (non-hydrogen) atoms. The molecule has 0 saturated heterocycles. The SMILES string of the molecule is O.O.[Ba+2].[Cs+].[H-].[H-].[H-]. The average molecular weight is 309 g/mol. The van der Waals surface area contributed by atoms with Crippen LogP contribution in [-0.2, 0) is 0 Å². The number of hydrogen-bond acceptors (Lipinski definition) is 0. The molecule has 0 aromatic carbocycles. The molecule has 0 aliphatic rings. The van der Waals surface area contributed by atoms with Crippen LogP contribution in [0.3, 0.4) is 0 Å². The predicted octanol–water partition coefficient (Wildman–Crippen LogP) is -4.69. The van der Waals surface area contributed by atoms with Crippen molar-refractivity contribution in [2.45, 2.75) is 0 Å². The van der Waals surface area contributed by atoms with Gasteiger partial charge in [-0.05, 0) is 0 Å². The zero-order chi connectivity index (χ0) is 0. The Balaban J connectivity index is 0. The maximum absolute atomic E-state index is 0. The van der Waals surface area contributed by atoms with Crippen molar-refractivity contribution in [3.8, 4) is 0 Å². The summed E-state index contributed by atoms with van der Waals surface area (Å²) in [5.41, 5.74) is 0. The van der Waals surface area contributed by atoms with Gasteiger partial charge < -0.3 is 15.2 Å². The predicted molar refractivity (Wildman–Crippen MR) is 16.3 cm³/mol. The molecule has 0 radical (unpaired) electrons. The summed E-state index contributed by atoms with van der Waals surface area (Å²) in [4.78, 5) is 0. The maximum atomic E-state index is 0. The Bertz CT molecular complexity index is 12.9. The van der Waals surface area contributed by atoms with Crippen LogP contribution in [0.15, 0.2) is 0 Å². The quantitative estimate of drug-likeness (QED) is 0.404. The Hall–Kier alpha value is 3.54. The second-order valence-corrected chi connectivity index (χ2v) is 0. The third-order valence-electron chi connectivity index (χ3n) is 0. The number of hydrogen-bond donors (Lipinski definition) is 0. The van der Waals surface area contributed by atoms with Crippen LogP contribution in [0.25, 0.3) is 0 Å². The molecule has 0 aromatic heterocycles. The molecular formula is H7BaCsO2. The molecule has 22 valence electrons. The molecule has 0 heterocycles. The van der Waals surface area contributed by atoms with Gasteiger partial charge >= 0.3 is 118 Å². The minimum atomic E-state index is 0. The smallest absolute Gasteiger partial charge is 1.00 e. The van der Waals surface area contributed by atoms with Gasteiger partial charge in [-0.25, -0.2) is 0 Å². The minimum Gasteiger partial charge on any atom is -1.00 e. The van der Waals surface area contributed by atoms with E-state index in [0.29, 0.717) is 0 Å². The van der Waals surface area contributed by atoms with Crippen LogP contribution >= 0.6 is 0 Å². The van der Waals surface area contributed by atoms with E-state index >= 15 is 0 Å². The molecule has 0 spiro atoms. The standard InChI is InChI=1S/Ba.Cs.2H2O.3H/h;;2*1H2;;;/q+2;+1;;;3*-1. The van der Waals surface area contributed by atoms with Gasteiger partial charge in [-0.15, -0.1) is 0 Å². The molecule has 0 aliphatic heterocycles. The molecule has 0 bridgehead atoms. The third kappa shape index (κ3) is 9.11. The van der Waals surface area contributed by atoms with Gasteiger partial charge in [-0.3, -0.25) is 0 Å². The van der Waals surface area contributed by atoms with Crippen molar-refractivity contribution in [1.82, 2.24) is 0 Å². The van der Waals surface area contributed by atoms with Gasteiger partial charge in [0.05, 0.1) is 0 Å². The van der Waals surface area contributed by atoms with E-state index in [-0.39, 0.29) is 133 Å². The molecule has 0 unspecified atom stereocenters. The van der Waals surface area contributed by atoms with E-state index in [2.05, 4.69) is 0 Å². The van der Waals surface area contributed by atoms with Crippen molar-refractivity contribution in [2.75, 3.05) is 0 Å². The molecule has 0 amide bonds. The van der Waals surface area contributed by atoms with Crippen LogP contribution < -0.4 is 68.9 Å². The molecule has 0 aliphatic carbocycles. The van der Waals surface area contributed by atoms with Crippen molar-refractivity contribution in [1.29, 1.82) is 0 Å². The van der Waals surface area contributed by atoms with Crippen molar-refractivity contribution in [3.05, 3.63) is 0 Å². The average Bonchev–Trinajstić information content (AvgIpc) is 0. The van der Waals surface area contributed by atoms with Crippen LogP contribution in [0.5, 0.6) is 0 Å². The van der Waals surface area contributed by atoms with E-state index in [1.165, 1.54) is 0 Å². The first kappa shape index (κ1) is 25.7. The summed E-state index contributed by atoms with van der Waals surface area (Å²) >= 11 is 0. The minimum absolute atomic E-state index is 0. The van der Waals surface area contributed by atoms with Gasteiger partial charge in [0.15, 0.2) is 0 Å². The molecule has 0 saturated carbocycles. The summed E-state index contributed by atoms with van der Waals surface area (Å²) in [5.74, 6) is 0. The van der Waals surface area contributed by atoms with Gasteiger partial charge in [-0.2, -0.15) is 0 Å². The zero-order valence-electron chi connectivity index (χ0n) is 5.71. The molecule has 2 nitrogen and oxygen atoms in total. The maximum Gasteiger partial charge on any atom is 2.00 e. The number of rotatable bonds is 0. The molecule has 0 atom stereocenters. The van der Waals surface area contributed by atoms with E-state index in [9.17, 15) is 0 Å². The van der Waals surface area contributed by atoms with Gasteiger partial charge in [0.1, 0.15) is 0 Å². The van der Waals surface area contributed by atoms with Crippen molar-refractivity contribution in [2.24, 2.45) is 0 Å². The van der Waals surface area contributed by atoms with Crippen molar-refractivity contribution >= 4 is 48.9 Å². The summed E-state index contributed by atoms with van der Waals surface area (Å²) in [6, 6.07) is 0. The molecule has 4 heteroatoms. The molecule has 0 rings (SSSR count). The normalized spacial score (nSPS) is 0. The Morgan fingerprint density at radius 2 is 1.00 bits per heavy atom. The summed E-state index contributed by atoms with van der Waals surface area (Å²) in [7, 11) is 0. The summed E-state index contributed by atoms with van der Waals surface area (Å²) in [6.45, 7) is 0. The van der Waals surface area contributed by atoms with Gasteiger partial charge in [0.2, 0.25) is 0 Å². The van der Waals surface area contributed by atoms with E-state index in [4.69, 9.17) is 0 Å². The van der Waals surface area contributed by atoms with E-state index in [1.54, 1.807) is 0 Å². The first-order chi connectivity index (χ1) is 0. The summed E-state index contributed by atoms with van der Waals surface area (Å²) in [6.07, 6.45) is 0. The Labute approximate surface area is 129 Å². The Morgan fingerprint density at radius 1 is 1.00 bits per heavy atom. The molecular weight excluding hydrogens is 302 g/mol. The molecule has 4 N–H and O–H groups in total. The fourth-order valence-corrected chi connectivity index (χ4v) is 0. The fraction of sp³-hybridized carbons (Fsp3) is 0. The van der Waals surface area contributed by atoms with Crippen LogP contribution in [0.4, 0.5) is 0 Å². The van der Waals surface area contributed by atoms with E-state index in [1.807, 2.05) is 0 Å². The van der Waals surface area contributed by atoms with Crippen molar-refractivity contribution < 1.29 is 84.1 Å². The van der Waals surface area contributed by atoms with Gasteiger partial charge in [0.25, 0.3) is 0 Å². The topological polar surface area (TPSA) is 63.0 Å². The first-order valence-corrected chi connectivity index (χ1v) is 0. The first-order valence-electron chi connectivity index (χ1n) is 0. The molecule has 0 fully saturated rings. The fourth-order valence-electron chi connectivity index (χ4n) is 0. The third-order valence-corrected chi connectivity index (χ3v) is 0. The molecule has 0 aromatic rings.